The number of benzene rings is 8. The summed E-state index contributed by atoms with van der Waals surface area (Å²) in [6, 6.07) is 38.6. The third-order valence-corrected chi connectivity index (χ3v) is 11.2. The summed E-state index contributed by atoms with van der Waals surface area (Å²) in [5, 5.41) is 6.16. The van der Waals surface area contributed by atoms with Gasteiger partial charge in [0.1, 0.15) is 0 Å². The van der Waals surface area contributed by atoms with Crippen LogP contribution in [0.4, 0.5) is 0 Å². The van der Waals surface area contributed by atoms with E-state index in [1.54, 1.807) is 17.4 Å². The van der Waals surface area contributed by atoms with Crippen molar-refractivity contribution in [1.82, 2.24) is 9.13 Å². The van der Waals surface area contributed by atoms with E-state index in [1.165, 1.54) is 20.2 Å². The highest BCUT2D eigenvalue weighted by molar-refractivity contribution is 7.26. The zero-order chi connectivity index (χ0) is 41.3. The Balaban J connectivity index is 1.23. The first-order valence-electron chi connectivity index (χ1n) is 21.2. The highest BCUT2D eigenvalue weighted by Crippen LogP contribution is 2.44. The lowest BCUT2D eigenvalue weighted by Crippen LogP contribution is -1.97. The largest absolute Gasteiger partial charge is 0.309 e. The predicted octanol–water partition coefficient (Wildman–Crippen LogP) is 13.6. The molecule has 0 unspecified atom stereocenters. The van der Waals surface area contributed by atoms with Gasteiger partial charge in [0.05, 0.1) is 44.8 Å². The maximum absolute atomic E-state index is 9.29. The zero-order valence-electron chi connectivity index (χ0n) is 35.9. The fourth-order valence-electron chi connectivity index (χ4n) is 7.85. The summed E-state index contributed by atoms with van der Waals surface area (Å²) in [5.41, 5.74) is 5.75. The Morgan fingerprint density at radius 1 is 0.431 bits per heavy atom. The van der Waals surface area contributed by atoms with E-state index in [2.05, 4.69) is 94.1 Å². The van der Waals surface area contributed by atoms with Gasteiger partial charge in [-0.2, -0.15) is 0 Å². The van der Waals surface area contributed by atoms with Crippen molar-refractivity contribution in [2.24, 2.45) is 0 Å². The van der Waals surface area contributed by atoms with E-state index < -0.39 is 48.3 Å². The Morgan fingerprint density at radius 3 is 1.94 bits per heavy atom. The van der Waals surface area contributed by atoms with Gasteiger partial charge in [-0.1, -0.05) is 139 Å². The molecule has 0 radical (unpaired) electrons. The molecule has 0 saturated carbocycles. The van der Waals surface area contributed by atoms with Gasteiger partial charge in [-0.25, -0.2) is 0 Å². The first-order valence-corrected chi connectivity index (χ1v) is 17.5. The molecule has 3 aromatic heterocycles. The molecule has 0 saturated heterocycles. The molecule has 0 aliphatic heterocycles. The van der Waals surface area contributed by atoms with Gasteiger partial charge in [-0.3, -0.25) is 0 Å². The summed E-state index contributed by atoms with van der Waals surface area (Å²) in [6.45, 7) is 0. The van der Waals surface area contributed by atoms with E-state index in [9.17, 15) is 1.37 Å². The van der Waals surface area contributed by atoms with E-state index in [-0.39, 0.29) is 22.7 Å². The minimum atomic E-state index is -0.587. The van der Waals surface area contributed by atoms with Gasteiger partial charge in [0.2, 0.25) is 0 Å². The van der Waals surface area contributed by atoms with Crippen molar-refractivity contribution < 1.29 is 12.3 Å². The van der Waals surface area contributed by atoms with E-state index in [1.807, 2.05) is 36.4 Å². The highest BCUT2D eigenvalue weighted by Gasteiger charge is 2.20. The summed E-state index contributed by atoms with van der Waals surface area (Å²) < 4.78 is 85.6. The summed E-state index contributed by atoms with van der Waals surface area (Å²) in [5.74, 6) is 0. The van der Waals surface area contributed by atoms with E-state index in [4.69, 9.17) is 11.0 Å². The van der Waals surface area contributed by atoms with Crippen LogP contribution >= 0.6 is 11.3 Å². The molecule has 0 amide bonds. The van der Waals surface area contributed by atoms with Crippen LogP contribution in [-0.2, 0) is 0 Å². The molecule has 8 aromatic carbocycles. The van der Waals surface area contributed by atoms with Crippen molar-refractivity contribution in [2.75, 3.05) is 0 Å². The second-order valence-corrected chi connectivity index (χ2v) is 13.7. The fraction of sp³-hybridized carbons (Fsp3) is 0. The number of thiophene rings is 1. The Hall–Kier alpha value is -6.42. The van der Waals surface area contributed by atoms with Crippen molar-refractivity contribution in [2.45, 2.75) is 0 Å². The fourth-order valence-corrected chi connectivity index (χ4v) is 9.06. The Labute approximate surface area is 311 Å². The minimum absolute atomic E-state index is 0.0556. The lowest BCUT2D eigenvalue weighted by molar-refractivity contribution is 1.16. The number of fused-ring (bicyclic) bond motifs is 9. The molecular weight excluding hydrogens is 637 g/mol. The molecule has 0 spiro atoms. The minimum Gasteiger partial charge on any atom is -0.309 e. The van der Waals surface area contributed by atoms with Gasteiger partial charge in [-0.15, -0.1) is 11.3 Å². The van der Waals surface area contributed by atoms with Crippen molar-refractivity contribution in [1.29, 1.82) is 0 Å². The third kappa shape index (κ3) is 4.16. The molecule has 3 heteroatoms. The molecule has 11 aromatic rings. The summed E-state index contributed by atoms with van der Waals surface area (Å²) in [6.07, 6.45) is 0. The third-order valence-electron chi connectivity index (χ3n) is 9.94. The molecule has 51 heavy (non-hydrogen) atoms. The lowest BCUT2D eigenvalue weighted by atomic mass is 9.92. The quantitative estimate of drug-likeness (QED) is 0.176. The molecular formula is C48H30N2S. The van der Waals surface area contributed by atoms with Gasteiger partial charge in [0.15, 0.2) is 0 Å². The van der Waals surface area contributed by atoms with Gasteiger partial charge in [0, 0.05) is 42.7 Å². The van der Waals surface area contributed by atoms with Crippen molar-refractivity contribution in [3.05, 3.63) is 182 Å². The average molecular weight is 676 g/mol. The molecule has 0 bridgehead atoms. The first-order chi connectivity index (χ1) is 29.1. The van der Waals surface area contributed by atoms with Crippen LogP contribution < -0.4 is 0 Å². The average Bonchev–Trinajstić information content (AvgIpc) is 3.94. The molecule has 3 heterocycles. The van der Waals surface area contributed by atoms with Gasteiger partial charge >= 0.3 is 0 Å². The number of para-hydroxylation sites is 2. The Morgan fingerprint density at radius 2 is 1.08 bits per heavy atom. The van der Waals surface area contributed by atoms with Crippen LogP contribution in [0.3, 0.4) is 0 Å². The van der Waals surface area contributed by atoms with Crippen molar-refractivity contribution >= 4 is 75.1 Å². The second kappa shape index (κ2) is 11.0. The molecule has 0 aliphatic carbocycles. The molecule has 238 valence electrons. The van der Waals surface area contributed by atoms with Crippen LogP contribution in [0.1, 0.15) is 12.3 Å². The Kier molecular flexibility index (Phi) is 4.54. The van der Waals surface area contributed by atoms with Crippen molar-refractivity contribution in [3.63, 3.8) is 0 Å². The molecule has 0 aliphatic rings. The molecule has 0 fully saturated rings. The molecule has 2 nitrogen and oxygen atoms in total. The van der Waals surface area contributed by atoms with Gasteiger partial charge in [-0.05, 0) is 64.7 Å². The number of rotatable bonds is 4. The molecule has 0 N–H and O–H groups in total. The monoisotopic (exact) mass is 675 g/mol. The van der Waals surface area contributed by atoms with Crippen LogP contribution in [0, 0.1) is 0 Å². The molecule has 11 rings (SSSR count). The van der Waals surface area contributed by atoms with E-state index >= 15 is 0 Å². The van der Waals surface area contributed by atoms with Crippen LogP contribution in [0.25, 0.3) is 97.4 Å². The Bertz CT molecular complexity index is 3650. The van der Waals surface area contributed by atoms with Gasteiger partial charge in [0.25, 0.3) is 0 Å². The maximum atomic E-state index is 9.29. The van der Waals surface area contributed by atoms with Crippen LogP contribution in [0.5, 0.6) is 0 Å². The smallest absolute Gasteiger partial charge is 0.0640 e. The van der Waals surface area contributed by atoms with Crippen molar-refractivity contribution in [3.8, 4) is 33.6 Å². The summed E-state index contributed by atoms with van der Waals surface area (Å²) >= 11 is 1.78. The normalized spacial score (nSPS) is 14.4. The summed E-state index contributed by atoms with van der Waals surface area (Å²) in [4.78, 5) is 0. The lowest BCUT2D eigenvalue weighted by Gasteiger charge is -2.13. The predicted molar refractivity (Wildman–Crippen MR) is 219 cm³/mol. The summed E-state index contributed by atoms with van der Waals surface area (Å²) in [7, 11) is 0. The van der Waals surface area contributed by atoms with Gasteiger partial charge < -0.3 is 9.13 Å². The number of aromatic nitrogens is 2. The second-order valence-electron chi connectivity index (χ2n) is 12.6. The van der Waals surface area contributed by atoms with E-state index in [0.717, 1.165) is 49.6 Å². The number of hydrogen-bond acceptors (Lipinski definition) is 1. The maximum Gasteiger partial charge on any atom is 0.0640 e. The standard InChI is InChI=1S/C48H30N2S/c1-2-14-31(15-3-1)33-16-4-5-17-34(33)38-21-12-25-43-47(38)40-20-7-10-24-42(40)49(43)32-28-29-36-35-18-6-9-23-41(35)50(45(36)30-32)44-26-13-22-39-37-19-8-11-27-46(37)51-48(39)44/h1-30H/i1D,2D,3D,4D,5D,14D,15D,16D,17D. The van der Waals surface area contributed by atoms with Crippen LogP contribution in [0.15, 0.2) is 182 Å². The molecule has 0 atom stereocenters. The van der Waals surface area contributed by atoms with E-state index in [0.29, 0.717) is 10.9 Å². The van der Waals surface area contributed by atoms with Crippen LogP contribution in [0.2, 0.25) is 0 Å². The number of nitrogens with zero attached hydrogens (tertiary/aromatic N) is 2. The zero-order valence-corrected chi connectivity index (χ0v) is 27.7. The first kappa shape index (κ1) is 20.9. The van der Waals surface area contributed by atoms with Crippen LogP contribution in [-0.4, -0.2) is 9.13 Å². The number of hydrogen-bond donors (Lipinski definition) is 0. The topological polar surface area (TPSA) is 9.86 Å². The SMILES string of the molecule is [2H]c1c([2H])c([2H])c(-c2c([2H])c([2H])c([2H])c([2H])c2-c2cccc3c2c2ccccc2n3-c2ccc3c4ccccc4n(-c4cccc5c4sc4ccccc45)c3c2)c([2H])c1[2H]. The highest BCUT2D eigenvalue weighted by atomic mass is 32.1.